The zero-order chi connectivity index (χ0) is 12.4. The third-order valence-electron chi connectivity index (χ3n) is 2.51. The van der Waals surface area contributed by atoms with Crippen LogP contribution in [0.25, 0.3) is 11.2 Å². The number of rotatable bonds is 3. The quantitative estimate of drug-likeness (QED) is 0.682. The van der Waals surface area contributed by atoms with Crippen molar-refractivity contribution in [2.24, 2.45) is 0 Å². The van der Waals surface area contributed by atoms with Crippen LogP contribution in [0.2, 0.25) is 0 Å². The van der Waals surface area contributed by atoms with Gasteiger partial charge in [0, 0.05) is 18.3 Å². The molecule has 0 atom stereocenters. The van der Waals surface area contributed by atoms with Crippen LogP contribution in [0.5, 0.6) is 0 Å². The van der Waals surface area contributed by atoms with Gasteiger partial charge in [-0.05, 0) is 6.07 Å². The molecule has 90 valence electrons. The number of fused-ring (bicyclic) bond motifs is 1. The number of aromatic amines is 1. The molecule has 0 saturated carbocycles. The maximum atomic E-state index is 13.3. The van der Waals surface area contributed by atoms with Gasteiger partial charge in [0.25, 0.3) is 0 Å². The van der Waals surface area contributed by atoms with Crippen LogP contribution in [0.3, 0.4) is 0 Å². The van der Waals surface area contributed by atoms with E-state index in [2.05, 4.69) is 30.2 Å². The highest BCUT2D eigenvalue weighted by Gasteiger charge is 2.07. The maximum absolute atomic E-state index is 13.3. The van der Waals surface area contributed by atoms with Crippen molar-refractivity contribution in [3.8, 4) is 0 Å². The highest BCUT2D eigenvalue weighted by atomic mass is 19.1. The fraction of sp³-hybridized carbons (Fsp3) is 0.0909. The normalized spacial score (nSPS) is 10.7. The lowest BCUT2D eigenvalue weighted by Crippen LogP contribution is -2.05. The molecule has 18 heavy (non-hydrogen) atoms. The Bertz CT molecular complexity index is 680. The minimum Gasteiger partial charge on any atom is -0.364 e. The van der Waals surface area contributed by atoms with Crippen molar-refractivity contribution in [2.75, 3.05) is 5.32 Å². The molecule has 0 aliphatic heterocycles. The van der Waals surface area contributed by atoms with Crippen molar-refractivity contribution in [1.82, 2.24) is 24.9 Å². The number of hydrogen-bond acceptors (Lipinski definition) is 5. The third kappa shape index (κ3) is 1.86. The van der Waals surface area contributed by atoms with Crippen LogP contribution in [-0.4, -0.2) is 24.9 Å². The van der Waals surface area contributed by atoms with E-state index in [0.29, 0.717) is 29.1 Å². The van der Waals surface area contributed by atoms with Crippen LogP contribution in [0, 0.1) is 5.95 Å². The minimum absolute atomic E-state index is 0.296. The van der Waals surface area contributed by atoms with Crippen LogP contribution in [0.1, 0.15) is 5.56 Å². The number of H-pyrrole nitrogens is 1. The monoisotopic (exact) mass is 244 g/mol. The molecule has 3 heterocycles. The third-order valence-corrected chi connectivity index (χ3v) is 2.51. The summed E-state index contributed by atoms with van der Waals surface area (Å²) in [5.74, 6) is 0.0978. The fourth-order valence-corrected chi connectivity index (χ4v) is 1.63. The molecule has 0 fully saturated rings. The van der Waals surface area contributed by atoms with E-state index in [-0.39, 0.29) is 0 Å². The van der Waals surface area contributed by atoms with Crippen molar-refractivity contribution < 1.29 is 4.39 Å². The van der Waals surface area contributed by atoms with Crippen LogP contribution in [0.4, 0.5) is 10.2 Å². The highest BCUT2D eigenvalue weighted by molar-refractivity contribution is 5.81. The molecule has 0 amide bonds. The fourth-order valence-electron chi connectivity index (χ4n) is 1.63. The van der Waals surface area contributed by atoms with Crippen molar-refractivity contribution in [3.63, 3.8) is 0 Å². The zero-order valence-electron chi connectivity index (χ0n) is 9.26. The molecule has 2 N–H and O–H groups in total. The SMILES string of the molecule is Fc1ncccc1CNc1ncnc2nc[nH]c12. The Labute approximate surface area is 101 Å². The number of imidazole rings is 1. The Morgan fingerprint density at radius 2 is 2.17 bits per heavy atom. The van der Waals surface area contributed by atoms with Gasteiger partial charge in [-0.25, -0.2) is 19.9 Å². The first-order chi connectivity index (χ1) is 8.84. The smallest absolute Gasteiger partial charge is 0.217 e. The van der Waals surface area contributed by atoms with Crippen LogP contribution in [-0.2, 0) is 6.54 Å². The summed E-state index contributed by atoms with van der Waals surface area (Å²) in [6, 6.07) is 3.35. The summed E-state index contributed by atoms with van der Waals surface area (Å²) in [5, 5.41) is 3.03. The van der Waals surface area contributed by atoms with Gasteiger partial charge in [-0.1, -0.05) is 6.07 Å². The second-order valence-corrected chi connectivity index (χ2v) is 3.63. The summed E-state index contributed by atoms with van der Waals surface area (Å²) in [7, 11) is 0. The Hall–Kier alpha value is -2.57. The summed E-state index contributed by atoms with van der Waals surface area (Å²) in [4.78, 5) is 18.6. The summed E-state index contributed by atoms with van der Waals surface area (Å²) >= 11 is 0. The van der Waals surface area contributed by atoms with E-state index < -0.39 is 5.95 Å². The Morgan fingerprint density at radius 3 is 3.06 bits per heavy atom. The summed E-state index contributed by atoms with van der Waals surface area (Å²) in [5.41, 5.74) is 1.74. The topological polar surface area (TPSA) is 79.4 Å². The molecule has 0 spiro atoms. The van der Waals surface area contributed by atoms with Gasteiger partial charge >= 0.3 is 0 Å². The van der Waals surface area contributed by atoms with Crippen molar-refractivity contribution >= 4 is 17.0 Å². The first-order valence-electron chi connectivity index (χ1n) is 5.32. The standard InChI is InChI=1S/C11H9FN6/c12-9-7(2-1-3-13-9)4-14-10-8-11(16-5-15-8)18-6-17-10/h1-3,5-6H,4H2,(H2,14,15,16,17,18). The predicted octanol–water partition coefficient (Wildman–Crippen LogP) is 1.50. The molecule has 7 heteroatoms. The molecule has 0 bridgehead atoms. The maximum Gasteiger partial charge on any atom is 0.217 e. The highest BCUT2D eigenvalue weighted by Crippen LogP contribution is 2.15. The van der Waals surface area contributed by atoms with Gasteiger partial charge in [0.15, 0.2) is 11.5 Å². The van der Waals surface area contributed by atoms with Crippen molar-refractivity contribution in [2.45, 2.75) is 6.54 Å². The van der Waals surface area contributed by atoms with Crippen molar-refractivity contribution in [1.29, 1.82) is 0 Å². The molecule has 0 aliphatic carbocycles. The van der Waals surface area contributed by atoms with E-state index in [1.807, 2.05) is 0 Å². The number of hydrogen-bond donors (Lipinski definition) is 2. The number of anilines is 1. The molecule has 0 aromatic carbocycles. The number of halogens is 1. The Balaban J connectivity index is 1.85. The van der Waals surface area contributed by atoms with E-state index in [9.17, 15) is 4.39 Å². The summed E-state index contributed by atoms with van der Waals surface area (Å²) < 4.78 is 13.3. The number of nitrogens with zero attached hydrogens (tertiary/aromatic N) is 4. The number of nitrogens with one attached hydrogen (secondary N) is 2. The van der Waals surface area contributed by atoms with Gasteiger partial charge in [-0.3, -0.25) is 0 Å². The molecular formula is C11H9FN6. The average Bonchev–Trinajstić information content (AvgIpc) is 2.86. The lowest BCUT2D eigenvalue weighted by molar-refractivity contribution is 0.569. The first-order valence-corrected chi connectivity index (χ1v) is 5.32. The lowest BCUT2D eigenvalue weighted by atomic mass is 10.3. The largest absolute Gasteiger partial charge is 0.364 e. The van der Waals surface area contributed by atoms with E-state index in [1.54, 1.807) is 12.1 Å². The van der Waals surface area contributed by atoms with Crippen LogP contribution < -0.4 is 5.32 Å². The second kappa shape index (κ2) is 4.36. The van der Waals surface area contributed by atoms with Crippen LogP contribution in [0.15, 0.2) is 31.0 Å². The number of aromatic nitrogens is 5. The molecule has 0 unspecified atom stereocenters. The summed E-state index contributed by atoms with van der Waals surface area (Å²) in [6.07, 6.45) is 4.36. The van der Waals surface area contributed by atoms with Crippen LogP contribution >= 0.6 is 0 Å². The zero-order valence-corrected chi connectivity index (χ0v) is 9.26. The van der Waals surface area contributed by atoms with Gasteiger partial charge in [0.1, 0.15) is 11.8 Å². The van der Waals surface area contributed by atoms with Gasteiger partial charge in [-0.2, -0.15) is 4.39 Å². The van der Waals surface area contributed by atoms with Crippen molar-refractivity contribution in [3.05, 3.63) is 42.5 Å². The Morgan fingerprint density at radius 1 is 1.22 bits per heavy atom. The van der Waals surface area contributed by atoms with E-state index in [4.69, 9.17) is 0 Å². The molecule has 3 rings (SSSR count). The Kier molecular flexibility index (Phi) is 2.56. The first kappa shape index (κ1) is 10.6. The molecule has 3 aromatic heterocycles. The van der Waals surface area contributed by atoms with E-state index >= 15 is 0 Å². The average molecular weight is 244 g/mol. The van der Waals surface area contributed by atoms with E-state index in [0.717, 1.165) is 0 Å². The van der Waals surface area contributed by atoms with Gasteiger partial charge < -0.3 is 10.3 Å². The lowest BCUT2D eigenvalue weighted by Gasteiger charge is -2.06. The molecular weight excluding hydrogens is 235 g/mol. The second-order valence-electron chi connectivity index (χ2n) is 3.63. The summed E-state index contributed by atoms with van der Waals surface area (Å²) in [6.45, 7) is 0.296. The van der Waals surface area contributed by atoms with Gasteiger partial charge in [0.05, 0.1) is 6.33 Å². The molecule has 0 saturated heterocycles. The molecule has 6 nitrogen and oxygen atoms in total. The number of pyridine rings is 1. The molecule has 0 radical (unpaired) electrons. The molecule has 0 aliphatic rings. The molecule has 3 aromatic rings. The minimum atomic E-state index is -0.486. The predicted molar refractivity (Wildman–Crippen MR) is 63.2 cm³/mol. The van der Waals surface area contributed by atoms with E-state index in [1.165, 1.54) is 18.9 Å². The van der Waals surface area contributed by atoms with Gasteiger partial charge in [-0.15, -0.1) is 0 Å². The van der Waals surface area contributed by atoms with Gasteiger partial charge in [0.2, 0.25) is 5.95 Å².